The summed E-state index contributed by atoms with van der Waals surface area (Å²) in [6, 6.07) is 11.8. The predicted molar refractivity (Wildman–Crippen MR) is 110 cm³/mol. The lowest BCUT2D eigenvalue weighted by Gasteiger charge is -2.12. The molecule has 0 aliphatic rings. The Labute approximate surface area is 152 Å². The third kappa shape index (κ3) is 5.98. The molecule has 142 valence electrons. The van der Waals surface area contributed by atoms with Crippen molar-refractivity contribution in [2.75, 3.05) is 11.1 Å². The molecule has 25 heavy (non-hydrogen) atoms. The van der Waals surface area contributed by atoms with Gasteiger partial charge >= 0.3 is 0 Å². The van der Waals surface area contributed by atoms with E-state index in [1.165, 1.54) is 0 Å². The second-order valence-electron chi connectivity index (χ2n) is 4.71. The largest absolute Gasteiger partial charge is 0.398 e. The highest BCUT2D eigenvalue weighted by molar-refractivity contribution is 6.05. The summed E-state index contributed by atoms with van der Waals surface area (Å²) >= 11 is 0. The second kappa shape index (κ2) is 10.9. The summed E-state index contributed by atoms with van der Waals surface area (Å²) < 4.78 is 0. The molecule has 0 spiro atoms. The molecule has 2 aromatic rings. The zero-order valence-corrected chi connectivity index (χ0v) is 14.5. The average Bonchev–Trinajstić information content (AvgIpc) is 2.63. The molecule has 1 amide bonds. The van der Waals surface area contributed by atoms with Crippen molar-refractivity contribution in [1.29, 1.82) is 5.41 Å². The van der Waals surface area contributed by atoms with Crippen LogP contribution in [-0.4, -0.2) is 12.1 Å². The summed E-state index contributed by atoms with van der Waals surface area (Å²) in [5.41, 5.74) is 16.6. The van der Waals surface area contributed by atoms with Crippen LogP contribution in [-0.2, 0) is 0 Å². The summed E-state index contributed by atoms with van der Waals surface area (Å²) in [6.07, 6.45) is 0.594. The fourth-order valence-electron chi connectivity index (χ4n) is 1.95. The van der Waals surface area contributed by atoms with Crippen molar-refractivity contribution >= 4 is 23.5 Å². The highest BCUT2D eigenvalue weighted by atomic mass is 16.1. The van der Waals surface area contributed by atoms with E-state index in [1.807, 2.05) is 13.8 Å². The lowest BCUT2D eigenvalue weighted by molar-refractivity contribution is 0.102. The Morgan fingerprint density at radius 1 is 1.24 bits per heavy atom. The minimum atomic E-state index is -0.516. The average molecular weight is 351 g/mol. The standard InChI is InChI=1S/C15H18N6O.C2H6.H3N.3H2/c16-8-11-6-10(4-5-13(11)17)15(22)20-12-3-1-2-9(7-12)14(18)21-19;1-2;;;;/h1-8,14,16,21H,17-19H2,(H,20,22);1-2H3;1H3;3*1H. The molecule has 0 radical (unpaired) electrons. The number of rotatable bonds is 5. The van der Waals surface area contributed by atoms with Gasteiger partial charge in [-0.15, -0.1) is 0 Å². The van der Waals surface area contributed by atoms with E-state index in [0.717, 1.165) is 11.8 Å². The van der Waals surface area contributed by atoms with Crippen molar-refractivity contribution in [2.24, 2.45) is 11.6 Å². The van der Waals surface area contributed by atoms with Crippen LogP contribution in [0.2, 0.25) is 0 Å². The molecule has 0 bridgehead atoms. The topological polar surface area (TPSA) is 178 Å². The molecule has 0 aromatic heterocycles. The maximum atomic E-state index is 12.2. The number of hydrogen-bond acceptors (Lipinski definition) is 7. The van der Waals surface area contributed by atoms with Gasteiger partial charge in [0, 0.05) is 33.0 Å². The summed E-state index contributed by atoms with van der Waals surface area (Å²) in [6.45, 7) is 4.00. The van der Waals surface area contributed by atoms with Gasteiger partial charge in [0.05, 0.1) is 6.17 Å². The fourth-order valence-corrected chi connectivity index (χ4v) is 1.95. The predicted octanol–water partition coefficient (Wildman–Crippen LogP) is 2.87. The minimum Gasteiger partial charge on any atom is -0.398 e. The molecule has 12 N–H and O–H groups in total. The molecule has 8 heteroatoms. The first kappa shape index (κ1) is 22.2. The number of carbonyl (C=O) groups is 1. The van der Waals surface area contributed by atoms with Crippen LogP contribution in [0, 0.1) is 5.41 Å². The Bertz CT molecular complexity index is 717. The molecule has 1 unspecified atom stereocenters. The molecule has 0 aliphatic heterocycles. The zero-order valence-electron chi connectivity index (χ0n) is 14.5. The van der Waals surface area contributed by atoms with Gasteiger partial charge in [-0.1, -0.05) is 26.0 Å². The van der Waals surface area contributed by atoms with Crippen molar-refractivity contribution in [1.82, 2.24) is 11.6 Å². The maximum absolute atomic E-state index is 12.2. The highest BCUT2D eigenvalue weighted by Crippen LogP contribution is 2.17. The van der Waals surface area contributed by atoms with E-state index in [-0.39, 0.29) is 16.3 Å². The van der Waals surface area contributed by atoms with E-state index in [2.05, 4.69) is 10.7 Å². The summed E-state index contributed by atoms with van der Waals surface area (Å²) in [5.74, 6) is 5.00. The molecular weight excluding hydrogens is 318 g/mol. The van der Waals surface area contributed by atoms with Gasteiger partial charge in [-0.25, -0.2) is 5.43 Å². The molecule has 0 saturated carbocycles. The van der Waals surface area contributed by atoms with Crippen LogP contribution >= 0.6 is 0 Å². The van der Waals surface area contributed by atoms with Crippen molar-refractivity contribution in [3.05, 3.63) is 59.2 Å². The van der Waals surface area contributed by atoms with E-state index in [1.54, 1.807) is 42.5 Å². The van der Waals surface area contributed by atoms with Crippen LogP contribution in [0.5, 0.6) is 0 Å². The molecule has 1 atom stereocenters. The van der Waals surface area contributed by atoms with Crippen LogP contribution in [0.1, 0.15) is 45.8 Å². The zero-order chi connectivity index (χ0) is 18.1. The van der Waals surface area contributed by atoms with E-state index in [0.29, 0.717) is 22.5 Å². The van der Waals surface area contributed by atoms with E-state index >= 15 is 0 Å². The molecule has 8 nitrogen and oxygen atoms in total. The van der Waals surface area contributed by atoms with Crippen LogP contribution in [0.15, 0.2) is 42.5 Å². The van der Waals surface area contributed by atoms with E-state index in [9.17, 15) is 4.79 Å². The first-order valence-electron chi connectivity index (χ1n) is 7.58. The number of hydrazine groups is 1. The number of nitrogens with two attached hydrogens (primary N) is 3. The van der Waals surface area contributed by atoms with Gasteiger partial charge < -0.3 is 28.3 Å². The molecule has 0 heterocycles. The molecule has 0 saturated heterocycles. The van der Waals surface area contributed by atoms with Crippen molar-refractivity contribution in [3.8, 4) is 0 Å². The molecule has 0 fully saturated rings. The van der Waals surface area contributed by atoms with Crippen LogP contribution in [0.4, 0.5) is 11.4 Å². The summed E-state index contributed by atoms with van der Waals surface area (Å²) in [4.78, 5) is 12.2. The van der Waals surface area contributed by atoms with Gasteiger partial charge in [0.2, 0.25) is 0 Å². The maximum Gasteiger partial charge on any atom is 0.255 e. The summed E-state index contributed by atoms with van der Waals surface area (Å²) in [5, 5.41) is 10.0. The highest BCUT2D eigenvalue weighted by Gasteiger charge is 2.09. The second-order valence-corrected chi connectivity index (χ2v) is 4.71. The number of amides is 1. The fraction of sp³-hybridized carbons (Fsp3) is 0.176. The van der Waals surface area contributed by atoms with Gasteiger partial charge in [-0.2, -0.15) is 0 Å². The van der Waals surface area contributed by atoms with Gasteiger partial charge in [0.25, 0.3) is 5.91 Å². The van der Waals surface area contributed by atoms with E-state index < -0.39 is 6.17 Å². The Morgan fingerprint density at radius 3 is 2.52 bits per heavy atom. The Kier molecular flexibility index (Phi) is 9.68. The Morgan fingerprint density at radius 2 is 1.92 bits per heavy atom. The molecule has 2 rings (SSSR count). The van der Waals surface area contributed by atoms with Gasteiger partial charge in [-0.3, -0.25) is 10.6 Å². The number of nitrogen functional groups attached to an aromatic ring is 1. The SMILES string of the molecule is CC.N.N=Cc1cc(C(=O)Nc2cccc(C(N)NN)c2)ccc1N.[HH].[HH].[HH]. The van der Waals surface area contributed by atoms with Crippen LogP contribution in [0.25, 0.3) is 0 Å². The van der Waals surface area contributed by atoms with Crippen molar-refractivity contribution < 1.29 is 9.07 Å². The Balaban J connectivity index is -0.000000465. The number of anilines is 2. The molecule has 0 aliphatic carbocycles. The lowest BCUT2D eigenvalue weighted by Crippen LogP contribution is -2.34. The number of benzene rings is 2. The van der Waals surface area contributed by atoms with Crippen LogP contribution < -0.4 is 34.2 Å². The van der Waals surface area contributed by atoms with Gasteiger partial charge in [0.1, 0.15) is 0 Å². The minimum absolute atomic E-state index is 0. The monoisotopic (exact) mass is 351 g/mol. The van der Waals surface area contributed by atoms with E-state index in [4.69, 9.17) is 22.7 Å². The Hall–Kier alpha value is -2.78. The number of hydrogen-bond donors (Lipinski definition) is 7. The molecular formula is C17H33N7O. The van der Waals surface area contributed by atoms with Crippen molar-refractivity contribution in [3.63, 3.8) is 0 Å². The third-order valence-corrected chi connectivity index (χ3v) is 3.19. The van der Waals surface area contributed by atoms with Gasteiger partial charge in [-0.05, 0) is 35.9 Å². The van der Waals surface area contributed by atoms with Crippen LogP contribution in [0.3, 0.4) is 0 Å². The normalized spacial score (nSPS) is 10.6. The lowest BCUT2D eigenvalue weighted by atomic mass is 10.1. The smallest absolute Gasteiger partial charge is 0.255 e. The number of nitrogens with one attached hydrogen (secondary N) is 3. The van der Waals surface area contributed by atoms with Crippen molar-refractivity contribution in [2.45, 2.75) is 20.0 Å². The van der Waals surface area contributed by atoms with Gasteiger partial charge in [0.15, 0.2) is 0 Å². The summed E-state index contributed by atoms with van der Waals surface area (Å²) in [7, 11) is 0. The first-order valence-corrected chi connectivity index (χ1v) is 7.58. The third-order valence-electron chi connectivity index (χ3n) is 3.19. The first-order chi connectivity index (χ1) is 11.5. The molecule has 2 aromatic carbocycles. The number of carbonyl (C=O) groups excluding carboxylic acids is 1. The quantitative estimate of drug-likeness (QED) is 0.143.